The lowest BCUT2D eigenvalue weighted by molar-refractivity contribution is 0.00304. The van der Waals surface area contributed by atoms with E-state index in [-0.39, 0.29) is 19.3 Å². The highest BCUT2D eigenvalue weighted by Gasteiger charge is 2.38. The summed E-state index contributed by atoms with van der Waals surface area (Å²) in [5.74, 6) is 0.428. The van der Waals surface area contributed by atoms with Crippen LogP contribution in [0, 0.1) is 0 Å². The lowest BCUT2D eigenvalue weighted by atomic mass is 9.90. The lowest BCUT2D eigenvalue weighted by Crippen LogP contribution is -2.47. The second kappa shape index (κ2) is 6.36. The Balaban J connectivity index is 1.90. The van der Waals surface area contributed by atoms with E-state index in [2.05, 4.69) is 9.97 Å². The molecular weight excluding hydrogens is 309 g/mol. The number of piperidine rings is 1. The molecule has 5 nitrogen and oxygen atoms in total. The Hall–Kier alpha value is -1.43. The predicted molar refractivity (Wildman–Crippen MR) is 81.6 cm³/mol. The number of halogens is 2. The first-order chi connectivity index (χ1) is 10.2. The molecule has 2 rings (SSSR count). The van der Waals surface area contributed by atoms with E-state index in [0.29, 0.717) is 23.9 Å². The average molecular weight is 330 g/mol. The molecule has 0 saturated carbocycles. The molecule has 7 heteroatoms. The number of alkyl halides is 1. The Morgan fingerprint density at radius 2 is 1.91 bits per heavy atom. The van der Waals surface area contributed by atoms with Gasteiger partial charge in [-0.1, -0.05) is 11.6 Å². The van der Waals surface area contributed by atoms with E-state index < -0.39 is 17.4 Å². The standard InChI is InChI=1S/C15H21ClFN3O2/c1-14(2,3)22-13(21)20-6-4-15(17,5-7-20)8-12-18-9-11(16)10-19-12/h9-10H,4-8H2,1-3H3. The summed E-state index contributed by atoms with van der Waals surface area (Å²) in [5, 5.41) is 0.427. The Labute approximate surface area is 134 Å². The second-order valence-electron chi connectivity index (χ2n) is 6.61. The zero-order valence-corrected chi connectivity index (χ0v) is 13.9. The Bertz CT molecular complexity index is 523. The van der Waals surface area contributed by atoms with Crippen LogP contribution in [-0.4, -0.2) is 45.3 Å². The molecule has 0 atom stereocenters. The molecule has 0 spiro atoms. The van der Waals surface area contributed by atoms with Gasteiger partial charge in [-0.25, -0.2) is 19.2 Å². The topological polar surface area (TPSA) is 55.3 Å². The van der Waals surface area contributed by atoms with E-state index in [4.69, 9.17) is 16.3 Å². The maximum atomic E-state index is 14.8. The van der Waals surface area contributed by atoms with Crippen molar-refractivity contribution < 1.29 is 13.9 Å². The van der Waals surface area contributed by atoms with E-state index in [1.54, 1.807) is 4.90 Å². The molecule has 0 aliphatic carbocycles. The monoisotopic (exact) mass is 329 g/mol. The lowest BCUT2D eigenvalue weighted by Gasteiger charge is -2.36. The van der Waals surface area contributed by atoms with Crippen molar-refractivity contribution in [3.05, 3.63) is 23.2 Å². The van der Waals surface area contributed by atoms with Gasteiger partial charge >= 0.3 is 6.09 Å². The van der Waals surface area contributed by atoms with Crippen molar-refractivity contribution in [3.63, 3.8) is 0 Å². The van der Waals surface area contributed by atoms with Gasteiger partial charge in [0.15, 0.2) is 0 Å². The van der Waals surface area contributed by atoms with Crippen molar-refractivity contribution in [2.75, 3.05) is 13.1 Å². The third kappa shape index (κ3) is 4.80. The molecule has 2 heterocycles. The van der Waals surface area contributed by atoms with Crippen LogP contribution in [0.4, 0.5) is 9.18 Å². The van der Waals surface area contributed by atoms with Gasteiger partial charge in [-0.15, -0.1) is 0 Å². The smallest absolute Gasteiger partial charge is 0.410 e. The summed E-state index contributed by atoms with van der Waals surface area (Å²) in [6.07, 6.45) is 3.16. The van der Waals surface area contributed by atoms with Crippen LogP contribution in [0.2, 0.25) is 5.02 Å². The van der Waals surface area contributed by atoms with E-state index in [1.807, 2.05) is 20.8 Å². The minimum atomic E-state index is -1.40. The molecule has 1 saturated heterocycles. The van der Waals surface area contributed by atoms with Gasteiger partial charge < -0.3 is 9.64 Å². The van der Waals surface area contributed by atoms with Crippen LogP contribution in [0.5, 0.6) is 0 Å². The molecule has 1 aromatic heterocycles. The number of hydrogen-bond donors (Lipinski definition) is 0. The summed E-state index contributed by atoms with van der Waals surface area (Å²) >= 11 is 5.72. The molecule has 1 aromatic rings. The van der Waals surface area contributed by atoms with Gasteiger partial charge in [0.1, 0.15) is 17.1 Å². The zero-order chi connectivity index (χ0) is 16.4. The fraction of sp³-hybridized carbons (Fsp3) is 0.667. The summed E-state index contributed by atoms with van der Waals surface area (Å²) in [5.41, 5.74) is -1.94. The number of likely N-dealkylation sites (tertiary alicyclic amines) is 1. The first kappa shape index (κ1) is 16.9. The summed E-state index contributed by atoms with van der Waals surface area (Å²) in [6.45, 7) is 6.10. The fourth-order valence-electron chi connectivity index (χ4n) is 2.31. The predicted octanol–water partition coefficient (Wildman–Crippen LogP) is 3.41. The van der Waals surface area contributed by atoms with Crippen LogP contribution in [-0.2, 0) is 11.2 Å². The number of ether oxygens (including phenoxy) is 1. The van der Waals surface area contributed by atoms with Crippen molar-refractivity contribution in [2.24, 2.45) is 0 Å². The number of carbonyl (C=O) groups excluding carboxylic acids is 1. The van der Waals surface area contributed by atoms with Gasteiger partial charge in [0.25, 0.3) is 0 Å². The van der Waals surface area contributed by atoms with Crippen LogP contribution < -0.4 is 0 Å². The number of amides is 1. The summed E-state index contributed by atoms with van der Waals surface area (Å²) in [4.78, 5) is 21.6. The second-order valence-corrected chi connectivity index (χ2v) is 7.05. The van der Waals surface area contributed by atoms with E-state index >= 15 is 0 Å². The molecule has 0 radical (unpaired) electrons. The van der Waals surface area contributed by atoms with Gasteiger partial charge in [-0.3, -0.25) is 0 Å². The highest BCUT2D eigenvalue weighted by Crippen LogP contribution is 2.30. The number of carbonyl (C=O) groups is 1. The molecule has 0 unspecified atom stereocenters. The molecule has 0 N–H and O–H groups in total. The quantitative estimate of drug-likeness (QED) is 0.834. The van der Waals surface area contributed by atoms with Gasteiger partial charge in [0.2, 0.25) is 0 Å². The van der Waals surface area contributed by atoms with E-state index in [0.717, 1.165) is 0 Å². The normalized spacial score (nSPS) is 18.1. The van der Waals surface area contributed by atoms with Crippen LogP contribution in [0.25, 0.3) is 0 Å². The zero-order valence-electron chi connectivity index (χ0n) is 13.1. The number of nitrogens with zero attached hydrogens (tertiary/aromatic N) is 3. The summed E-state index contributed by atoms with van der Waals surface area (Å²) < 4.78 is 20.1. The van der Waals surface area contributed by atoms with Crippen LogP contribution in [0.1, 0.15) is 39.4 Å². The number of aromatic nitrogens is 2. The van der Waals surface area contributed by atoms with Crippen molar-refractivity contribution in [2.45, 2.75) is 51.3 Å². The van der Waals surface area contributed by atoms with E-state index in [1.165, 1.54) is 12.4 Å². The molecule has 1 fully saturated rings. The van der Waals surface area contributed by atoms with Crippen molar-refractivity contribution >= 4 is 17.7 Å². The minimum Gasteiger partial charge on any atom is -0.444 e. The van der Waals surface area contributed by atoms with Gasteiger partial charge in [0, 0.05) is 31.9 Å². The number of rotatable bonds is 2. The molecule has 1 aliphatic rings. The molecule has 1 amide bonds. The first-order valence-electron chi connectivity index (χ1n) is 7.30. The maximum Gasteiger partial charge on any atom is 0.410 e. The summed E-state index contributed by atoms with van der Waals surface area (Å²) in [6, 6.07) is 0. The molecule has 1 aliphatic heterocycles. The molecule has 0 aromatic carbocycles. The summed E-state index contributed by atoms with van der Waals surface area (Å²) in [7, 11) is 0. The van der Waals surface area contributed by atoms with Crippen molar-refractivity contribution in [1.29, 1.82) is 0 Å². The third-order valence-electron chi connectivity index (χ3n) is 3.46. The highest BCUT2D eigenvalue weighted by molar-refractivity contribution is 6.30. The molecule has 22 heavy (non-hydrogen) atoms. The van der Waals surface area contributed by atoms with Gasteiger partial charge in [-0.2, -0.15) is 0 Å². The largest absolute Gasteiger partial charge is 0.444 e. The SMILES string of the molecule is CC(C)(C)OC(=O)N1CCC(F)(Cc2ncc(Cl)cn2)CC1. The van der Waals surface area contributed by atoms with Gasteiger partial charge in [-0.05, 0) is 33.6 Å². The average Bonchev–Trinajstić information content (AvgIpc) is 2.40. The highest BCUT2D eigenvalue weighted by atomic mass is 35.5. The first-order valence-corrected chi connectivity index (χ1v) is 7.68. The third-order valence-corrected chi connectivity index (χ3v) is 3.66. The molecule has 122 valence electrons. The van der Waals surface area contributed by atoms with Crippen molar-refractivity contribution in [1.82, 2.24) is 14.9 Å². The van der Waals surface area contributed by atoms with Crippen LogP contribution in [0.3, 0.4) is 0 Å². The van der Waals surface area contributed by atoms with Crippen LogP contribution >= 0.6 is 11.6 Å². The Morgan fingerprint density at radius 3 is 2.41 bits per heavy atom. The van der Waals surface area contributed by atoms with E-state index in [9.17, 15) is 9.18 Å². The molecular formula is C15H21ClFN3O2. The molecule has 0 bridgehead atoms. The fourth-order valence-corrected chi connectivity index (χ4v) is 2.40. The number of hydrogen-bond acceptors (Lipinski definition) is 4. The van der Waals surface area contributed by atoms with Crippen molar-refractivity contribution in [3.8, 4) is 0 Å². The Morgan fingerprint density at radius 1 is 1.36 bits per heavy atom. The minimum absolute atomic E-state index is 0.131. The van der Waals surface area contributed by atoms with Crippen LogP contribution in [0.15, 0.2) is 12.4 Å². The Kier molecular flexibility index (Phi) is 4.90. The maximum absolute atomic E-state index is 14.8. The van der Waals surface area contributed by atoms with Gasteiger partial charge in [0.05, 0.1) is 5.02 Å².